The van der Waals surface area contributed by atoms with Crippen LogP contribution in [0.25, 0.3) is 0 Å². The van der Waals surface area contributed by atoms with E-state index < -0.39 is 5.97 Å². The predicted molar refractivity (Wildman–Crippen MR) is 125 cm³/mol. The summed E-state index contributed by atoms with van der Waals surface area (Å²) in [6.45, 7) is 3.72. The van der Waals surface area contributed by atoms with E-state index in [9.17, 15) is 14.4 Å². The van der Waals surface area contributed by atoms with Gasteiger partial charge in [-0.1, -0.05) is 30.0 Å². The summed E-state index contributed by atoms with van der Waals surface area (Å²) in [6, 6.07) is 13.4. The number of carbonyl (C=O) groups excluding carboxylic acids is 3. The molecule has 10 heteroatoms. The molecule has 3 aromatic rings. The lowest BCUT2D eigenvalue weighted by molar-refractivity contribution is -0.113. The molecule has 2 N–H and O–H groups in total. The van der Waals surface area contributed by atoms with Crippen LogP contribution in [-0.2, 0) is 16.6 Å². The van der Waals surface area contributed by atoms with Crippen LogP contribution in [0.15, 0.2) is 53.7 Å². The Labute approximate surface area is 195 Å². The summed E-state index contributed by atoms with van der Waals surface area (Å²) in [6.07, 6.45) is 0. The lowest BCUT2D eigenvalue weighted by Crippen LogP contribution is -2.29. The average Bonchev–Trinajstić information content (AvgIpc) is 3.18. The lowest BCUT2D eigenvalue weighted by Gasteiger charge is -2.14. The van der Waals surface area contributed by atoms with Crippen molar-refractivity contribution >= 4 is 35.2 Å². The number of esters is 1. The maximum Gasteiger partial charge on any atom is 0.337 e. The summed E-state index contributed by atoms with van der Waals surface area (Å²) in [7, 11) is 3.10. The first-order valence-corrected chi connectivity index (χ1v) is 11.2. The molecule has 0 aliphatic carbocycles. The molecule has 1 aromatic heterocycles. The standard InChI is InChI=1S/C23H25N5O4S/c1-14-7-5-6-8-18(14)21(30)24-15(2)20-26-27-23(28(20)3)33-13-19(29)25-17-11-9-16(10-12-17)22(31)32-4/h5-12,15H,13H2,1-4H3,(H,24,30)(H,25,29)/t15-/m1/s1. The highest BCUT2D eigenvalue weighted by Gasteiger charge is 2.19. The Morgan fingerprint density at radius 3 is 2.45 bits per heavy atom. The van der Waals surface area contributed by atoms with Crippen molar-refractivity contribution in [3.63, 3.8) is 0 Å². The maximum absolute atomic E-state index is 12.6. The van der Waals surface area contributed by atoms with Gasteiger partial charge >= 0.3 is 5.97 Å². The molecule has 1 heterocycles. The van der Waals surface area contributed by atoms with E-state index in [1.807, 2.05) is 32.0 Å². The van der Waals surface area contributed by atoms with Gasteiger partial charge in [0.2, 0.25) is 5.91 Å². The van der Waals surface area contributed by atoms with Crippen LogP contribution in [0, 0.1) is 6.92 Å². The van der Waals surface area contributed by atoms with Gasteiger partial charge in [0.25, 0.3) is 5.91 Å². The third-order valence-electron chi connectivity index (χ3n) is 4.92. The van der Waals surface area contributed by atoms with E-state index >= 15 is 0 Å². The number of aryl methyl sites for hydroxylation is 1. The number of rotatable bonds is 8. The number of anilines is 1. The molecule has 0 spiro atoms. The minimum absolute atomic E-state index is 0.120. The summed E-state index contributed by atoms with van der Waals surface area (Å²) < 4.78 is 6.41. The zero-order valence-electron chi connectivity index (χ0n) is 18.8. The van der Waals surface area contributed by atoms with Crippen molar-refractivity contribution in [2.45, 2.75) is 25.0 Å². The highest BCUT2D eigenvalue weighted by atomic mass is 32.2. The molecule has 2 amide bonds. The molecular weight excluding hydrogens is 442 g/mol. The van der Waals surface area contributed by atoms with Gasteiger partial charge in [0.1, 0.15) is 0 Å². The van der Waals surface area contributed by atoms with Crippen LogP contribution >= 0.6 is 11.8 Å². The first-order valence-electron chi connectivity index (χ1n) is 10.2. The Morgan fingerprint density at radius 2 is 1.79 bits per heavy atom. The van der Waals surface area contributed by atoms with Gasteiger partial charge in [0.15, 0.2) is 11.0 Å². The molecule has 172 valence electrons. The molecule has 0 fully saturated rings. The van der Waals surface area contributed by atoms with Crippen LogP contribution in [0.1, 0.15) is 45.1 Å². The monoisotopic (exact) mass is 467 g/mol. The van der Waals surface area contributed by atoms with Gasteiger partial charge in [-0.05, 0) is 49.7 Å². The van der Waals surface area contributed by atoms with Gasteiger partial charge in [-0.2, -0.15) is 0 Å². The molecule has 2 aromatic carbocycles. The van der Waals surface area contributed by atoms with Gasteiger partial charge in [-0.25, -0.2) is 4.79 Å². The van der Waals surface area contributed by atoms with Crippen molar-refractivity contribution in [2.75, 3.05) is 18.2 Å². The van der Waals surface area contributed by atoms with Gasteiger partial charge in [0, 0.05) is 18.3 Å². The molecule has 0 aliphatic rings. The quantitative estimate of drug-likeness (QED) is 0.386. The van der Waals surface area contributed by atoms with E-state index in [-0.39, 0.29) is 23.6 Å². The fourth-order valence-corrected chi connectivity index (χ4v) is 3.85. The van der Waals surface area contributed by atoms with Crippen LogP contribution in [-0.4, -0.2) is 45.4 Å². The summed E-state index contributed by atoms with van der Waals surface area (Å²) >= 11 is 1.23. The first-order chi connectivity index (χ1) is 15.8. The van der Waals surface area contributed by atoms with Crippen LogP contribution in [0.5, 0.6) is 0 Å². The molecule has 0 saturated heterocycles. The Morgan fingerprint density at radius 1 is 1.09 bits per heavy atom. The number of hydrogen-bond acceptors (Lipinski definition) is 7. The molecule has 0 unspecified atom stereocenters. The van der Waals surface area contributed by atoms with E-state index in [1.54, 1.807) is 41.9 Å². The highest BCUT2D eigenvalue weighted by Crippen LogP contribution is 2.20. The normalized spacial score (nSPS) is 11.5. The number of hydrogen-bond donors (Lipinski definition) is 2. The van der Waals surface area contributed by atoms with Crippen molar-refractivity contribution < 1.29 is 19.1 Å². The van der Waals surface area contributed by atoms with Crippen LogP contribution in [0.3, 0.4) is 0 Å². The fourth-order valence-electron chi connectivity index (χ4n) is 3.13. The number of aromatic nitrogens is 3. The molecule has 0 radical (unpaired) electrons. The van der Waals surface area contributed by atoms with Crippen molar-refractivity contribution in [2.24, 2.45) is 7.05 Å². The van der Waals surface area contributed by atoms with Gasteiger partial charge < -0.3 is 19.9 Å². The number of methoxy groups -OCH3 is 1. The number of nitrogens with one attached hydrogen (secondary N) is 2. The summed E-state index contributed by atoms with van der Waals surface area (Å²) in [5.74, 6) is -0.148. The average molecular weight is 468 g/mol. The third kappa shape index (κ3) is 5.98. The molecule has 0 saturated carbocycles. The number of benzene rings is 2. The van der Waals surface area contributed by atoms with Crippen molar-refractivity contribution in [1.82, 2.24) is 20.1 Å². The molecule has 9 nitrogen and oxygen atoms in total. The number of carbonyl (C=O) groups is 3. The largest absolute Gasteiger partial charge is 0.465 e. The number of thioether (sulfide) groups is 1. The number of ether oxygens (including phenoxy) is 1. The second kappa shape index (κ2) is 10.8. The zero-order chi connectivity index (χ0) is 24.0. The van der Waals surface area contributed by atoms with Crippen LogP contribution in [0.2, 0.25) is 0 Å². The van der Waals surface area contributed by atoms with E-state index in [1.165, 1.54) is 18.9 Å². The molecular formula is C23H25N5O4S. The summed E-state index contributed by atoms with van der Waals surface area (Å²) in [4.78, 5) is 36.4. The number of amides is 2. The third-order valence-corrected chi connectivity index (χ3v) is 5.94. The Kier molecular flexibility index (Phi) is 7.83. The van der Waals surface area contributed by atoms with E-state index in [0.717, 1.165) is 5.56 Å². The predicted octanol–water partition coefficient (Wildman–Crippen LogP) is 3.13. The van der Waals surface area contributed by atoms with E-state index in [2.05, 4.69) is 25.6 Å². The molecule has 3 rings (SSSR count). The minimum atomic E-state index is -0.439. The van der Waals surface area contributed by atoms with Gasteiger partial charge in [-0.15, -0.1) is 10.2 Å². The second-order valence-corrected chi connectivity index (χ2v) is 8.26. The van der Waals surface area contributed by atoms with Crippen LogP contribution < -0.4 is 10.6 Å². The Balaban J connectivity index is 1.56. The lowest BCUT2D eigenvalue weighted by atomic mass is 10.1. The molecule has 1 atom stereocenters. The van der Waals surface area contributed by atoms with E-state index in [0.29, 0.717) is 27.8 Å². The van der Waals surface area contributed by atoms with Gasteiger partial charge in [0.05, 0.1) is 24.5 Å². The highest BCUT2D eigenvalue weighted by molar-refractivity contribution is 7.99. The minimum Gasteiger partial charge on any atom is -0.465 e. The maximum atomic E-state index is 12.6. The number of nitrogens with zero attached hydrogens (tertiary/aromatic N) is 3. The summed E-state index contributed by atoms with van der Waals surface area (Å²) in [5, 5.41) is 14.6. The first kappa shape index (κ1) is 24.0. The topological polar surface area (TPSA) is 115 Å². The zero-order valence-corrected chi connectivity index (χ0v) is 19.6. The van der Waals surface area contributed by atoms with Crippen molar-refractivity contribution in [3.8, 4) is 0 Å². The van der Waals surface area contributed by atoms with Gasteiger partial charge in [-0.3, -0.25) is 9.59 Å². The Hall–Kier alpha value is -3.66. The van der Waals surface area contributed by atoms with Crippen molar-refractivity contribution in [3.05, 3.63) is 71.0 Å². The molecule has 33 heavy (non-hydrogen) atoms. The van der Waals surface area contributed by atoms with Crippen molar-refractivity contribution in [1.29, 1.82) is 0 Å². The molecule has 0 bridgehead atoms. The molecule has 0 aliphatic heterocycles. The van der Waals surface area contributed by atoms with Crippen LogP contribution in [0.4, 0.5) is 5.69 Å². The summed E-state index contributed by atoms with van der Waals surface area (Å²) in [5.41, 5.74) is 2.47. The second-order valence-electron chi connectivity index (χ2n) is 7.32. The Bertz CT molecular complexity index is 1160. The smallest absolute Gasteiger partial charge is 0.337 e. The van der Waals surface area contributed by atoms with E-state index in [4.69, 9.17) is 0 Å². The SMILES string of the molecule is COC(=O)c1ccc(NC(=O)CSc2nnc([C@@H](C)NC(=O)c3ccccc3C)n2C)cc1. The fraction of sp³-hybridized carbons (Fsp3) is 0.261.